The molecule has 0 saturated heterocycles. The largest absolute Gasteiger partial charge is 0.494 e. The van der Waals surface area contributed by atoms with Gasteiger partial charge in [0.15, 0.2) is 0 Å². The lowest BCUT2D eigenvalue weighted by atomic mass is 10.0. The number of ether oxygens (including phenoxy) is 1. The van der Waals surface area contributed by atoms with E-state index in [-0.39, 0.29) is 5.82 Å². The number of halogens is 1. The van der Waals surface area contributed by atoms with E-state index in [1.165, 1.54) is 44.2 Å². The van der Waals surface area contributed by atoms with E-state index in [0.29, 0.717) is 11.1 Å². The van der Waals surface area contributed by atoms with E-state index in [4.69, 9.17) is 4.74 Å². The molecule has 2 rings (SSSR count). The minimum Gasteiger partial charge on any atom is -0.494 e. The summed E-state index contributed by atoms with van der Waals surface area (Å²) in [5.74, 6) is 0.536. The summed E-state index contributed by atoms with van der Waals surface area (Å²) in [6, 6.07) is 15.8. The molecular weight excluding hydrogens is 325 g/mol. The number of allylic oxidation sites excluding steroid dienone is 1. The molecule has 2 aromatic carbocycles. The number of benzene rings is 2. The lowest BCUT2D eigenvalue weighted by Gasteiger charge is -2.06. The van der Waals surface area contributed by atoms with Gasteiger partial charge in [-0.1, -0.05) is 63.3 Å². The number of nitriles is 1. The van der Waals surface area contributed by atoms with Gasteiger partial charge in [-0.25, -0.2) is 4.39 Å². The topological polar surface area (TPSA) is 33.0 Å². The Balaban J connectivity index is 1.86. The lowest BCUT2D eigenvalue weighted by molar-refractivity contribution is 0.304. The van der Waals surface area contributed by atoms with Gasteiger partial charge in [0.1, 0.15) is 11.6 Å². The van der Waals surface area contributed by atoms with Gasteiger partial charge in [0, 0.05) is 0 Å². The molecule has 26 heavy (non-hydrogen) atoms. The number of nitrogens with zero attached hydrogens (tertiary/aromatic N) is 1. The third-order valence-corrected chi connectivity index (χ3v) is 4.23. The van der Waals surface area contributed by atoms with Crippen LogP contribution in [0, 0.1) is 17.1 Å². The monoisotopic (exact) mass is 351 g/mol. The van der Waals surface area contributed by atoms with Crippen LogP contribution in [-0.4, -0.2) is 6.61 Å². The van der Waals surface area contributed by atoms with Crippen molar-refractivity contribution in [3.05, 3.63) is 65.5 Å². The molecule has 0 radical (unpaired) electrons. The first kappa shape index (κ1) is 19.7. The van der Waals surface area contributed by atoms with Gasteiger partial charge < -0.3 is 4.74 Å². The van der Waals surface area contributed by atoms with Gasteiger partial charge in [-0.3, -0.25) is 0 Å². The first-order valence-electron chi connectivity index (χ1n) is 9.33. The van der Waals surface area contributed by atoms with E-state index in [1.54, 1.807) is 18.2 Å². The van der Waals surface area contributed by atoms with Crippen molar-refractivity contribution in [2.45, 2.75) is 45.4 Å². The van der Waals surface area contributed by atoms with Crippen molar-refractivity contribution in [1.82, 2.24) is 0 Å². The summed E-state index contributed by atoms with van der Waals surface area (Å²) in [5.41, 5.74) is 2.13. The molecule has 2 aromatic rings. The molecule has 0 unspecified atom stereocenters. The van der Waals surface area contributed by atoms with Gasteiger partial charge in [-0.2, -0.15) is 5.26 Å². The maximum absolute atomic E-state index is 13.0. The predicted octanol–water partition coefficient (Wildman–Crippen LogP) is 6.63. The Bertz CT molecular complexity index is 726. The van der Waals surface area contributed by atoms with E-state index >= 15 is 0 Å². The van der Waals surface area contributed by atoms with Crippen LogP contribution < -0.4 is 4.74 Å². The molecule has 2 nitrogen and oxygen atoms in total. The van der Waals surface area contributed by atoms with Crippen LogP contribution >= 0.6 is 0 Å². The SMILES string of the molecule is CCCCCCCCOc1ccc(/C=C(\C#N)c2ccc(F)cc2)cc1. The Morgan fingerprint density at radius 3 is 2.27 bits per heavy atom. The van der Waals surface area contributed by atoms with Crippen LogP contribution in [0.3, 0.4) is 0 Å². The number of hydrogen-bond acceptors (Lipinski definition) is 2. The van der Waals surface area contributed by atoms with Crippen LogP contribution in [0.1, 0.15) is 56.6 Å². The molecule has 0 aliphatic rings. The highest BCUT2D eigenvalue weighted by atomic mass is 19.1. The van der Waals surface area contributed by atoms with E-state index in [0.717, 1.165) is 24.3 Å². The quantitative estimate of drug-likeness (QED) is 0.273. The minimum atomic E-state index is -0.307. The van der Waals surface area contributed by atoms with Crippen molar-refractivity contribution in [2.75, 3.05) is 6.61 Å². The highest BCUT2D eigenvalue weighted by molar-refractivity contribution is 5.89. The molecule has 0 spiro atoms. The van der Waals surface area contributed by atoms with Gasteiger partial charge in [0.25, 0.3) is 0 Å². The third-order valence-electron chi connectivity index (χ3n) is 4.23. The highest BCUT2D eigenvalue weighted by Crippen LogP contribution is 2.20. The Kier molecular flexibility index (Phi) is 8.42. The smallest absolute Gasteiger partial charge is 0.123 e. The second kappa shape index (κ2) is 11.1. The zero-order valence-electron chi connectivity index (χ0n) is 15.4. The summed E-state index contributed by atoms with van der Waals surface area (Å²) in [6.07, 6.45) is 9.27. The molecule has 0 N–H and O–H groups in total. The second-order valence-corrected chi connectivity index (χ2v) is 6.36. The van der Waals surface area contributed by atoms with Gasteiger partial charge in [-0.05, 0) is 47.9 Å². The Morgan fingerprint density at radius 1 is 0.962 bits per heavy atom. The summed E-state index contributed by atoms with van der Waals surface area (Å²) in [7, 11) is 0. The molecule has 136 valence electrons. The molecule has 0 saturated carbocycles. The first-order chi connectivity index (χ1) is 12.7. The number of rotatable bonds is 10. The molecule has 0 atom stereocenters. The Morgan fingerprint density at radius 2 is 1.62 bits per heavy atom. The summed E-state index contributed by atoms with van der Waals surface area (Å²) >= 11 is 0. The van der Waals surface area contributed by atoms with Crippen LogP contribution in [-0.2, 0) is 0 Å². The second-order valence-electron chi connectivity index (χ2n) is 6.36. The van der Waals surface area contributed by atoms with Crippen molar-refractivity contribution in [1.29, 1.82) is 5.26 Å². The normalized spacial score (nSPS) is 11.2. The molecule has 3 heteroatoms. The average molecular weight is 351 g/mol. The van der Waals surface area contributed by atoms with Crippen LogP contribution in [0.25, 0.3) is 11.6 Å². The zero-order chi connectivity index (χ0) is 18.6. The van der Waals surface area contributed by atoms with Gasteiger partial charge in [-0.15, -0.1) is 0 Å². The summed E-state index contributed by atoms with van der Waals surface area (Å²) < 4.78 is 18.8. The fourth-order valence-electron chi connectivity index (χ4n) is 2.71. The van der Waals surface area contributed by atoms with E-state index in [1.807, 2.05) is 24.3 Å². The predicted molar refractivity (Wildman–Crippen MR) is 105 cm³/mol. The average Bonchev–Trinajstić information content (AvgIpc) is 2.67. The highest BCUT2D eigenvalue weighted by Gasteiger charge is 2.02. The van der Waals surface area contributed by atoms with Crippen molar-refractivity contribution in [3.63, 3.8) is 0 Å². The molecule has 0 amide bonds. The van der Waals surface area contributed by atoms with Crippen molar-refractivity contribution < 1.29 is 9.13 Å². The van der Waals surface area contributed by atoms with Gasteiger partial charge >= 0.3 is 0 Å². The van der Waals surface area contributed by atoms with E-state index < -0.39 is 0 Å². The van der Waals surface area contributed by atoms with Crippen molar-refractivity contribution >= 4 is 11.6 Å². The number of unbranched alkanes of at least 4 members (excludes halogenated alkanes) is 5. The molecule has 0 aliphatic heterocycles. The summed E-state index contributed by atoms with van der Waals surface area (Å²) in [5, 5.41) is 9.35. The van der Waals surface area contributed by atoms with Crippen LogP contribution in [0.2, 0.25) is 0 Å². The molecule has 0 heterocycles. The van der Waals surface area contributed by atoms with Crippen molar-refractivity contribution in [2.24, 2.45) is 0 Å². The van der Waals surface area contributed by atoms with Gasteiger partial charge in [0.2, 0.25) is 0 Å². The summed E-state index contributed by atoms with van der Waals surface area (Å²) in [6.45, 7) is 2.96. The molecule has 0 bridgehead atoms. The maximum Gasteiger partial charge on any atom is 0.123 e. The van der Waals surface area contributed by atoms with Crippen LogP contribution in [0.4, 0.5) is 4.39 Å². The fourth-order valence-corrected chi connectivity index (χ4v) is 2.71. The first-order valence-corrected chi connectivity index (χ1v) is 9.33. The number of hydrogen-bond donors (Lipinski definition) is 0. The van der Waals surface area contributed by atoms with Crippen LogP contribution in [0.5, 0.6) is 5.75 Å². The van der Waals surface area contributed by atoms with Crippen LogP contribution in [0.15, 0.2) is 48.5 Å². The van der Waals surface area contributed by atoms with E-state index in [9.17, 15) is 9.65 Å². The lowest BCUT2D eigenvalue weighted by Crippen LogP contribution is -1.97. The fraction of sp³-hybridized carbons (Fsp3) is 0.348. The van der Waals surface area contributed by atoms with E-state index in [2.05, 4.69) is 13.0 Å². The van der Waals surface area contributed by atoms with Crippen molar-refractivity contribution in [3.8, 4) is 11.8 Å². The molecule has 0 aromatic heterocycles. The maximum atomic E-state index is 13.0. The molecule has 0 fully saturated rings. The summed E-state index contributed by atoms with van der Waals surface area (Å²) in [4.78, 5) is 0. The zero-order valence-corrected chi connectivity index (χ0v) is 15.4. The Labute approximate surface area is 155 Å². The molecule has 0 aliphatic carbocycles. The third kappa shape index (κ3) is 6.72. The standard InChI is InChI=1S/C23H26FNO/c1-2-3-4-5-6-7-16-26-23-14-8-19(9-15-23)17-21(18-25)20-10-12-22(24)13-11-20/h8-15,17H,2-7,16H2,1H3/b21-17+. The minimum absolute atomic E-state index is 0.307. The molecular formula is C23H26FNO. The Hall–Kier alpha value is -2.60. The van der Waals surface area contributed by atoms with Gasteiger partial charge in [0.05, 0.1) is 18.2 Å².